The molecule has 0 N–H and O–H groups in total. The highest BCUT2D eigenvalue weighted by Gasteiger charge is 2.24. The smallest absolute Gasteiger partial charge is 0.469 e. The second kappa shape index (κ2) is 19.3. The maximum absolute atomic E-state index is 11.0. The summed E-state index contributed by atoms with van der Waals surface area (Å²) < 4.78 is 22.6. The van der Waals surface area contributed by atoms with Crippen LogP contribution in [-0.2, 0) is 42.9 Å². The van der Waals surface area contributed by atoms with Crippen molar-refractivity contribution < 1.29 is 52.5 Å². The van der Waals surface area contributed by atoms with E-state index in [2.05, 4.69) is 14.2 Å². The second-order valence-electron chi connectivity index (χ2n) is 9.29. The van der Waals surface area contributed by atoms with Crippen molar-refractivity contribution in [3.63, 3.8) is 0 Å². The fourth-order valence-electron chi connectivity index (χ4n) is 1.78. The van der Waals surface area contributed by atoms with E-state index in [4.69, 9.17) is 9.47 Å². The molecule has 0 amide bonds. The summed E-state index contributed by atoms with van der Waals surface area (Å²) in [4.78, 5) is 63.7. The lowest BCUT2D eigenvalue weighted by Crippen LogP contribution is -2.29. The fourth-order valence-corrected chi connectivity index (χ4v) is 1.78. The van der Waals surface area contributed by atoms with Crippen LogP contribution in [0.4, 0.5) is 9.59 Å². The van der Waals surface area contributed by atoms with Gasteiger partial charge < -0.3 is 33.3 Å². The monoisotopic (exact) mass is 506 g/mol. The van der Waals surface area contributed by atoms with E-state index >= 15 is 0 Å². The lowest BCUT2D eigenvalue weighted by molar-refractivity contribution is -0.141. The van der Waals surface area contributed by atoms with Gasteiger partial charge in [0.05, 0.1) is 14.2 Å². The van der Waals surface area contributed by atoms with Crippen LogP contribution in [0.5, 0.6) is 0 Å². The first-order chi connectivity index (χ1) is 15.8. The average Bonchev–Trinajstić information content (AvgIpc) is 2.64. The van der Waals surface area contributed by atoms with Gasteiger partial charge in [-0.3, -0.25) is 9.59 Å². The van der Waals surface area contributed by atoms with Crippen molar-refractivity contribution in [1.82, 2.24) is 0 Å². The minimum atomic E-state index is -1.06. The van der Waals surface area contributed by atoms with Crippen LogP contribution >= 0.6 is 0 Å². The van der Waals surface area contributed by atoms with Gasteiger partial charge in [0.2, 0.25) is 0 Å². The van der Waals surface area contributed by atoms with E-state index < -0.39 is 23.5 Å². The van der Waals surface area contributed by atoms with Gasteiger partial charge >= 0.3 is 24.2 Å². The van der Waals surface area contributed by atoms with Crippen LogP contribution < -0.4 is 0 Å². The third kappa shape index (κ3) is 35.8. The van der Waals surface area contributed by atoms with Gasteiger partial charge in [-0.25, -0.2) is 9.59 Å². The number of ether oxygens (including phenoxy) is 5. The molecular formula is C24H42O11. The molecular weight excluding hydrogens is 464 g/mol. The van der Waals surface area contributed by atoms with Crippen molar-refractivity contribution in [2.75, 3.05) is 14.2 Å². The van der Waals surface area contributed by atoms with E-state index in [0.717, 1.165) is 0 Å². The molecule has 0 fully saturated rings. The zero-order chi connectivity index (χ0) is 28.2. The Balaban J connectivity index is -0.000000454. The molecule has 35 heavy (non-hydrogen) atoms. The van der Waals surface area contributed by atoms with Gasteiger partial charge in [0.1, 0.15) is 22.8 Å². The Kier molecular flexibility index (Phi) is 20.2. The fraction of sp³-hybridized carbons (Fsp3) is 0.750. The summed E-state index contributed by atoms with van der Waals surface area (Å²) in [6.45, 7) is 13.0. The number of hydrogen-bond donors (Lipinski definition) is 0. The minimum Gasteiger partial charge on any atom is -0.469 e. The molecule has 0 radical (unpaired) electrons. The topological polar surface area (TPSA) is 149 Å². The number of ketones is 2. The van der Waals surface area contributed by atoms with Gasteiger partial charge in [0.25, 0.3) is 0 Å². The van der Waals surface area contributed by atoms with Crippen LogP contribution in [-0.4, -0.2) is 61.2 Å². The molecule has 0 aliphatic carbocycles. The van der Waals surface area contributed by atoms with E-state index in [1.54, 1.807) is 41.5 Å². The summed E-state index contributed by atoms with van der Waals surface area (Å²) in [5.41, 5.74) is -1.39. The van der Waals surface area contributed by atoms with E-state index in [9.17, 15) is 28.8 Å². The Morgan fingerprint density at radius 1 is 0.543 bits per heavy atom. The van der Waals surface area contributed by atoms with Crippen LogP contribution in [0, 0.1) is 0 Å². The van der Waals surface area contributed by atoms with Crippen LogP contribution in [0.25, 0.3) is 0 Å². The molecule has 0 atom stereocenters. The van der Waals surface area contributed by atoms with Gasteiger partial charge in [0, 0.05) is 25.7 Å². The normalized spacial score (nSPS) is 10.2. The van der Waals surface area contributed by atoms with Crippen LogP contribution in [0.2, 0.25) is 0 Å². The van der Waals surface area contributed by atoms with Crippen molar-refractivity contribution in [2.24, 2.45) is 0 Å². The van der Waals surface area contributed by atoms with E-state index in [1.807, 2.05) is 0 Å². The Morgan fingerprint density at radius 3 is 1.03 bits per heavy atom. The molecule has 0 spiro atoms. The highest BCUT2D eigenvalue weighted by Crippen LogP contribution is 2.11. The summed E-state index contributed by atoms with van der Waals surface area (Å²) in [5, 5.41) is 0. The molecule has 0 aliphatic rings. The number of methoxy groups -OCH3 is 2. The van der Waals surface area contributed by atoms with Gasteiger partial charge in [-0.1, -0.05) is 0 Å². The first kappa shape index (κ1) is 36.6. The van der Waals surface area contributed by atoms with Crippen molar-refractivity contribution in [3.8, 4) is 0 Å². The predicted molar refractivity (Wildman–Crippen MR) is 127 cm³/mol. The van der Waals surface area contributed by atoms with Gasteiger partial charge in [-0.15, -0.1) is 0 Å². The first-order valence-corrected chi connectivity index (χ1v) is 11.1. The third-order valence-corrected chi connectivity index (χ3v) is 3.22. The summed E-state index contributed by atoms with van der Waals surface area (Å²) in [6.07, 6.45) is 0.703. The number of hydrogen-bond acceptors (Lipinski definition) is 11. The Morgan fingerprint density at radius 2 is 0.829 bits per heavy atom. The van der Waals surface area contributed by atoms with E-state index in [0.29, 0.717) is 38.5 Å². The van der Waals surface area contributed by atoms with Crippen LogP contribution in [0.3, 0.4) is 0 Å². The standard InChI is InChI=1S/C10H18O5.2C7H12O3/c1-9(2,3)14-7(11)13-8(12)15-10(4,5)6;2*1-6(8)4-3-5-7(9)10-2/h1-6H3;2*3-5H2,1-2H3. The van der Waals surface area contributed by atoms with Gasteiger partial charge in [0.15, 0.2) is 0 Å². The molecule has 0 saturated carbocycles. The molecule has 0 bridgehead atoms. The van der Waals surface area contributed by atoms with Crippen molar-refractivity contribution in [3.05, 3.63) is 0 Å². The molecule has 0 aromatic rings. The molecule has 0 unspecified atom stereocenters. The molecule has 0 aromatic heterocycles. The molecule has 0 saturated heterocycles. The minimum absolute atomic E-state index is 0.115. The average molecular weight is 507 g/mol. The van der Waals surface area contributed by atoms with E-state index in [1.165, 1.54) is 28.1 Å². The lowest BCUT2D eigenvalue weighted by atomic mass is 10.2. The number of rotatable bonds is 8. The highest BCUT2D eigenvalue weighted by molar-refractivity contribution is 5.77. The van der Waals surface area contributed by atoms with Crippen molar-refractivity contribution in [2.45, 2.75) is 105 Å². The number of Topliss-reactive ketones (excluding diaryl/α,β-unsaturated/α-hetero) is 2. The third-order valence-electron chi connectivity index (χ3n) is 3.22. The van der Waals surface area contributed by atoms with Gasteiger partial charge in [-0.2, -0.15) is 0 Å². The predicted octanol–water partition coefficient (Wildman–Crippen LogP) is 4.71. The van der Waals surface area contributed by atoms with Crippen molar-refractivity contribution >= 4 is 35.8 Å². The zero-order valence-electron chi connectivity index (χ0n) is 22.7. The number of carbonyl (C=O) groups is 6. The summed E-state index contributed by atoms with van der Waals surface area (Å²) >= 11 is 0. The maximum atomic E-state index is 11.0. The molecule has 0 rings (SSSR count). The summed E-state index contributed by atoms with van der Waals surface area (Å²) in [7, 11) is 2.69. The molecule has 0 aromatic carbocycles. The second-order valence-corrected chi connectivity index (χ2v) is 9.29. The van der Waals surface area contributed by atoms with Crippen LogP contribution in [0.1, 0.15) is 93.9 Å². The van der Waals surface area contributed by atoms with Crippen molar-refractivity contribution in [1.29, 1.82) is 0 Å². The Bertz CT molecular complexity index is 625. The molecule has 0 heterocycles. The molecule has 0 aliphatic heterocycles. The van der Waals surface area contributed by atoms with Gasteiger partial charge in [-0.05, 0) is 68.2 Å². The Hall–Kier alpha value is -2.98. The first-order valence-electron chi connectivity index (χ1n) is 11.1. The summed E-state index contributed by atoms with van der Waals surface area (Å²) in [5.74, 6) is -0.268. The Labute approximate surface area is 208 Å². The molecule has 204 valence electrons. The molecule has 11 nitrogen and oxygen atoms in total. The largest absolute Gasteiger partial charge is 0.519 e. The lowest BCUT2D eigenvalue weighted by Gasteiger charge is -2.20. The maximum Gasteiger partial charge on any atom is 0.519 e. The van der Waals surface area contributed by atoms with E-state index in [-0.39, 0.29) is 23.5 Å². The number of esters is 2. The number of carbonyl (C=O) groups excluding carboxylic acids is 6. The molecule has 11 heteroatoms. The quantitative estimate of drug-likeness (QED) is 0.256. The summed E-state index contributed by atoms with van der Waals surface area (Å²) in [6, 6.07) is 0. The highest BCUT2D eigenvalue weighted by atomic mass is 16.8. The SMILES string of the molecule is CC(C)(C)OC(=O)OC(=O)OC(C)(C)C.COC(=O)CCCC(C)=O.COC(=O)CCCC(C)=O. The zero-order valence-corrected chi connectivity index (χ0v) is 22.7. The van der Waals surface area contributed by atoms with Crippen LogP contribution in [0.15, 0.2) is 0 Å².